The number of rotatable bonds is 6. The van der Waals surface area contributed by atoms with Crippen molar-refractivity contribution in [2.45, 2.75) is 19.8 Å². The van der Waals surface area contributed by atoms with E-state index in [-0.39, 0.29) is 5.91 Å². The summed E-state index contributed by atoms with van der Waals surface area (Å²) in [7, 11) is 2.16. The highest BCUT2D eigenvalue weighted by Crippen LogP contribution is 2.12. The number of nitrogens with zero attached hydrogens (tertiary/aromatic N) is 1. The summed E-state index contributed by atoms with van der Waals surface area (Å²) >= 11 is 0. The van der Waals surface area contributed by atoms with Gasteiger partial charge in [-0.1, -0.05) is 0 Å². The van der Waals surface area contributed by atoms with E-state index in [0.29, 0.717) is 6.42 Å². The van der Waals surface area contributed by atoms with Gasteiger partial charge in [-0.3, -0.25) is 4.79 Å². The van der Waals surface area contributed by atoms with Gasteiger partial charge in [-0.2, -0.15) is 0 Å². The molecule has 0 saturated carbocycles. The van der Waals surface area contributed by atoms with Crippen molar-refractivity contribution in [3.05, 3.63) is 0 Å². The molecule has 2 N–H and O–H groups in total. The maximum Gasteiger partial charge on any atom is 0.221 e. The standard InChI is InChI=1S/C11H23N3O/c1-3-13-11(15)4-6-12-8-10-5-7-14(2)9-10/h10,12H,3-9H2,1-2H3,(H,13,15). The van der Waals surface area contributed by atoms with Crippen LogP contribution in [0.2, 0.25) is 0 Å². The number of hydrogen-bond donors (Lipinski definition) is 2. The first kappa shape index (κ1) is 12.5. The van der Waals surface area contributed by atoms with Gasteiger partial charge in [0, 0.05) is 26.1 Å². The van der Waals surface area contributed by atoms with E-state index in [1.807, 2.05) is 6.92 Å². The van der Waals surface area contributed by atoms with Crippen molar-refractivity contribution >= 4 is 5.91 Å². The monoisotopic (exact) mass is 213 g/mol. The SMILES string of the molecule is CCNC(=O)CCNCC1CCN(C)C1. The van der Waals surface area contributed by atoms with Crippen LogP contribution in [0.4, 0.5) is 0 Å². The highest BCUT2D eigenvalue weighted by atomic mass is 16.1. The summed E-state index contributed by atoms with van der Waals surface area (Å²) in [5.41, 5.74) is 0. The highest BCUT2D eigenvalue weighted by molar-refractivity contribution is 5.75. The predicted octanol–water partition coefficient (Wildman–Crippen LogP) is 0.0539. The Morgan fingerprint density at radius 2 is 2.33 bits per heavy atom. The van der Waals surface area contributed by atoms with E-state index >= 15 is 0 Å². The summed E-state index contributed by atoms with van der Waals surface area (Å²) in [6.45, 7) is 6.92. The van der Waals surface area contributed by atoms with Crippen molar-refractivity contribution in [1.29, 1.82) is 0 Å². The molecule has 1 amide bonds. The smallest absolute Gasteiger partial charge is 0.221 e. The Balaban J connectivity index is 1.95. The third-order valence-corrected chi connectivity index (χ3v) is 2.82. The van der Waals surface area contributed by atoms with Crippen LogP contribution in [0.3, 0.4) is 0 Å². The van der Waals surface area contributed by atoms with Crippen LogP contribution in [-0.2, 0) is 4.79 Å². The van der Waals surface area contributed by atoms with Crippen LogP contribution < -0.4 is 10.6 Å². The molecule has 1 fully saturated rings. The van der Waals surface area contributed by atoms with Gasteiger partial charge in [-0.15, -0.1) is 0 Å². The molecule has 1 rings (SSSR count). The second-order valence-corrected chi connectivity index (χ2v) is 4.32. The van der Waals surface area contributed by atoms with Crippen LogP contribution in [-0.4, -0.2) is 50.6 Å². The second kappa shape index (κ2) is 6.80. The molecule has 1 aliphatic rings. The number of carbonyl (C=O) groups is 1. The third-order valence-electron chi connectivity index (χ3n) is 2.82. The molecule has 1 saturated heterocycles. The van der Waals surface area contributed by atoms with Crippen LogP contribution in [0, 0.1) is 5.92 Å². The fourth-order valence-corrected chi connectivity index (χ4v) is 1.99. The fourth-order valence-electron chi connectivity index (χ4n) is 1.99. The lowest BCUT2D eigenvalue weighted by Gasteiger charge is -2.11. The average molecular weight is 213 g/mol. The van der Waals surface area contributed by atoms with Crippen LogP contribution in [0.1, 0.15) is 19.8 Å². The molecular weight excluding hydrogens is 190 g/mol. The first-order valence-electron chi connectivity index (χ1n) is 5.88. The van der Waals surface area contributed by atoms with Crippen LogP contribution >= 0.6 is 0 Å². The van der Waals surface area contributed by atoms with Gasteiger partial charge in [0.1, 0.15) is 0 Å². The first-order valence-corrected chi connectivity index (χ1v) is 5.88. The Bertz CT molecular complexity index is 196. The van der Waals surface area contributed by atoms with E-state index in [1.165, 1.54) is 19.5 Å². The molecule has 4 nitrogen and oxygen atoms in total. The molecule has 1 unspecified atom stereocenters. The topological polar surface area (TPSA) is 44.4 Å². The molecule has 0 aromatic heterocycles. The van der Waals surface area contributed by atoms with E-state index in [4.69, 9.17) is 0 Å². The van der Waals surface area contributed by atoms with E-state index in [9.17, 15) is 4.79 Å². The molecule has 15 heavy (non-hydrogen) atoms. The highest BCUT2D eigenvalue weighted by Gasteiger charge is 2.18. The molecule has 0 spiro atoms. The lowest BCUT2D eigenvalue weighted by Crippen LogP contribution is -2.30. The largest absolute Gasteiger partial charge is 0.356 e. The molecule has 1 heterocycles. The van der Waals surface area contributed by atoms with Gasteiger partial charge >= 0.3 is 0 Å². The average Bonchev–Trinajstić information content (AvgIpc) is 2.60. The Morgan fingerprint density at radius 3 is 2.93 bits per heavy atom. The van der Waals surface area contributed by atoms with Gasteiger partial charge in [0.25, 0.3) is 0 Å². The zero-order chi connectivity index (χ0) is 11.1. The van der Waals surface area contributed by atoms with Gasteiger partial charge in [-0.25, -0.2) is 0 Å². The molecule has 1 atom stereocenters. The normalized spacial score (nSPS) is 21.9. The summed E-state index contributed by atoms with van der Waals surface area (Å²) in [6, 6.07) is 0. The molecule has 0 aliphatic carbocycles. The van der Waals surface area contributed by atoms with Gasteiger partial charge < -0.3 is 15.5 Å². The minimum atomic E-state index is 0.147. The van der Waals surface area contributed by atoms with Gasteiger partial charge in [-0.05, 0) is 39.4 Å². The molecule has 0 aromatic rings. The van der Waals surface area contributed by atoms with Crippen molar-refractivity contribution in [3.63, 3.8) is 0 Å². The summed E-state index contributed by atoms with van der Waals surface area (Å²) in [5, 5.41) is 6.14. The van der Waals surface area contributed by atoms with Gasteiger partial charge in [0.15, 0.2) is 0 Å². The molecule has 0 aromatic carbocycles. The van der Waals surface area contributed by atoms with Gasteiger partial charge in [0.05, 0.1) is 0 Å². The third kappa shape index (κ3) is 5.14. The van der Waals surface area contributed by atoms with Crippen molar-refractivity contribution in [2.24, 2.45) is 5.92 Å². The lowest BCUT2D eigenvalue weighted by atomic mass is 10.1. The number of amides is 1. The minimum Gasteiger partial charge on any atom is -0.356 e. The van der Waals surface area contributed by atoms with E-state index in [0.717, 1.165) is 25.6 Å². The maximum atomic E-state index is 11.1. The number of likely N-dealkylation sites (tertiary alicyclic amines) is 1. The Labute approximate surface area is 92.4 Å². The van der Waals surface area contributed by atoms with E-state index in [2.05, 4.69) is 22.6 Å². The zero-order valence-electron chi connectivity index (χ0n) is 9.88. The van der Waals surface area contributed by atoms with Crippen molar-refractivity contribution in [3.8, 4) is 0 Å². The van der Waals surface area contributed by atoms with Crippen LogP contribution in [0.25, 0.3) is 0 Å². The zero-order valence-corrected chi connectivity index (χ0v) is 9.88. The quantitative estimate of drug-likeness (QED) is 0.613. The Kier molecular flexibility index (Phi) is 5.65. The summed E-state index contributed by atoms with van der Waals surface area (Å²) in [6.07, 6.45) is 1.88. The van der Waals surface area contributed by atoms with Crippen molar-refractivity contribution < 1.29 is 4.79 Å². The lowest BCUT2D eigenvalue weighted by molar-refractivity contribution is -0.120. The number of carbonyl (C=O) groups excluding carboxylic acids is 1. The molecule has 0 bridgehead atoms. The predicted molar refractivity (Wildman–Crippen MR) is 61.8 cm³/mol. The molecule has 88 valence electrons. The molecule has 1 aliphatic heterocycles. The van der Waals surface area contributed by atoms with Crippen molar-refractivity contribution in [2.75, 3.05) is 39.8 Å². The summed E-state index contributed by atoms with van der Waals surface area (Å²) in [5.74, 6) is 0.915. The first-order chi connectivity index (χ1) is 7.22. The second-order valence-electron chi connectivity index (χ2n) is 4.32. The van der Waals surface area contributed by atoms with E-state index < -0.39 is 0 Å². The molecule has 4 heteroatoms. The van der Waals surface area contributed by atoms with Crippen molar-refractivity contribution in [1.82, 2.24) is 15.5 Å². The maximum absolute atomic E-state index is 11.1. The minimum absolute atomic E-state index is 0.147. The Morgan fingerprint density at radius 1 is 1.53 bits per heavy atom. The summed E-state index contributed by atoms with van der Waals surface area (Å²) in [4.78, 5) is 13.5. The number of nitrogens with one attached hydrogen (secondary N) is 2. The van der Waals surface area contributed by atoms with Crippen LogP contribution in [0.15, 0.2) is 0 Å². The van der Waals surface area contributed by atoms with Crippen LogP contribution in [0.5, 0.6) is 0 Å². The Hall–Kier alpha value is -0.610. The molecule has 0 radical (unpaired) electrons. The van der Waals surface area contributed by atoms with E-state index in [1.54, 1.807) is 0 Å². The number of hydrogen-bond acceptors (Lipinski definition) is 3. The van der Waals surface area contributed by atoms with Gasteiger partial charge in [0.2, 0.25) is 5.91 Å². The molecular formula is C11H23N3O. The summed E-state index contributed by atoms with van der Waals surface area (Å²) < 4.78 is 0. The fraction of sp³-hybridized carbons (Fsp3) is 0.909.